The van der Waals surface area contributed by atoms with Gasteiger partial charge in [0.05, 0.1) is 5.69 Å². The maximum absolute atomic E-state index is 11.9. The van der Waals surface area contributed by atoms with Gasteiger partial charge >= 0.3 is 5.97 Å². The van der Waals surface area contributed by atoms with E-state index in [0.717, 1.165) is 0 Å². The summed E-state index contributed by atoms with van der Waals surface area (Å²) >= 11 is 3.30. The zero-order valence-corrected chi connectivity index (χ0v) is 10.1. The maximum Gasteiger partial charge on any atom is 0.360 e. The lowest BCUT2D eigenvalue weighted by Gasteiger charge is -2.07. The van der Waals surface area contributed by atoms with Crippen molar-refractivity contribution in [1.82, 2.24) is 9.55 Å². The molecule has 0 fully saturated rings. The lowest BCUT2D eigenvalue weighted by atomic mass is 10.3. The molecule has 0 unspecified atom stereocenters. The van der Waals surface area contributed by atoms with E-state index in [0.29, 0.717) is 10.2 Å². The van der Waals surface area contributed by atoms with Crippen LogP contribution < -0.4 is 5.56 Å². The van der Waals surface area contributed by atoms with Gasteiger partial charge in [-0.1, -0.05) is 12.1 Å². The molecule has 5 nitrogen and oxygen atoms in total. The number of hydrogen-bond donors (Lipinski definition) is 1. The maximum atomic E-state index is 11.9. The van der Waals surface area contributed by atoms with Crippen molar-refractivity contribution in [2.45, 2.75) is 0 Å². The highest BCUT2D eigenvalue weighted by atomic mass is 79.9. The van der Waals surface area contributed by atoms with Crippen molar-refractivity contribution in [3.63, 3.8) is 0 Å². The lowest BCUT2D eigenvalue weighted by Crippen LogP contribution is -2.26. The summed E-state index contributed by atoms with van der Waals surface area (Å²) in [6.45, 7) is 0. The number of hydrogen-bond acceptors (Lipinski definition) is 3. The van der Waals surface area contributed by atoms with E-state index in [9.17, 15) is 9.59 Å². The molecular weight excluding hydrogens is 288 g/mol. The first-order valence-electron chi connectivity index (χ1n) is 4.67. The second kappa shape index (κ2) is 4.50. The predicted molar refractivity (Wildman–Crippen MR) is 64.5 cm³/mol. The van der Waals surface area contributed by atoms with E-state index >= 15 is 0 Å². The van der Waals surface area contributed by atoms with Crippen molar-refractivity contribution in [2.24, 2.45) is 0 Å². The summed E-state index contributed by atoms with van der Waals surface area (Å²) in [5.41, 5.74) is -0.586. The Hall–Kier alpha value is -1.95. The SMILES string of the molecule is O=C(O)c1nccn(-c2ccccc2Br)c1=O. The minimum atomic E-state index is -1.34. The number of halogens is 1. The number of aromatic carboxylic acids is 1. The summed E-state index contributed by atoms with van der Waals surface area (Å²) in [6.07, 6.45) is 2.71. The van der Waals surface area contributed by atoms with Crippen LogP contribution in [0.25, 0.3) is 5.69 Å². The minimum absolute atomic E-state index is 0.497. The summed E-state index contributed by atoms with van der Waals surface area (Å²) in [4.78, 5) is 26.2. The molecule has 0 aliphatic carbocycles. The molecule has 0 aliphatic heterocycles. The van der Waals surface area contributed by atoms with Crippen LogP contribution in [0, 0.1) is 0 Å². The Bertz CT molecular complexity index is 637. The summed E-state index contributed by atoms with van der Waals surface area (Å²) in [5, 5.41) is 8.82. The van der Waals surface area contributed by atoms with Crippen LogP contribution in [0.5, 0.6) is 0 Å². The monoisotopic (exact) mass is 294 g/mol. The van der Waals surface area contributed by atoms with Crippen molar-refractivity contribution in [3.8, 4) is 5.69 Å². The van der Waals surface area contributed by atoms with Crippen LogP contribution in [0.2, 0.25) is 0 Å². The number of nitrogens with zero attached hydrogens (tertiary/aromatic N) is 2. The van der Waals surface area contributed by atoms with Crippen LogP contribution in [0.3, 0.4) is 0 Å². The topological polar surface area (TPSA) is 72.2 Å². The van der Waals surface area contributed by atoms with Gasteiger partial charge in [0, 0.05) is 16.9 Å². The van der Waals surface area contributed by atoms with Crippen molar-refractivity contribution in [1.29, 1.82) is 0 Å². The number of carboxylic acid groups (broad SMARTS) is 1. The second-order valence-electron chi connectivity index (χ2n) is 3.21. The summed E-state index contributed by atoms with van der Waals surface area (Å²) < 4.78 is 1.94. The molecule has 0 saturated heterocycles. The molecule has 0 aliphatic rings. The Morgan fingerprint density at radius 1 is 1.35 bits per heavy atom. The summed E-state index contributed by atoms with van der Waals surface area (Å²) in [5.74, 6) is -1.34. The molecule has 0 saturated carbocycles. The van der Waals surface area contributed by atoms with Crippen molar-refractivity contribution >= 4 is 21.9 Å². The zero-order chi connectivity index (χ0) is 12.4. The first kappa shape index (κ1) is 11.5. The number of carboxylic acids is 1. The van der Waals surface area contributed by atoms with E-state index < -0.39 is 17.2 Å². The van der Waals surface area contributed by atoms with E-state index in [1.165, 1.54) is 17.0 Å². The Balaban J connectivity index is 2.70. The number of aromatic nitrogens is 2. The van der Waals surface area contributed by atoms with Crippen molar-refractivity contribution in [3.05, 3.63) is 57.2 Å². The molecule has 1 heterocycles. The van der Waals surface area contributed by atoms with Crippen LogP contribution in [-0.4, -0.2) is 20.6 Å². The van der Waals surface area contributed by atoms with Gasteiger partial charge in [-0.15, -0.1) is 0 Å². The molecule has 2 rings (SSSR count). The number of rotatable bonds is 2. The third-order valence-corrected chi connectivity index (χ3v) is 2.83. The fourth-order valence-corrected chi connectivity index (χ4v) is 1.87. The summed E-state index contributed by atoms with van der Waals surface area (Å²) in [7, 11) is 0. The number of benzene rings is 1. The van der Waals surface area contributed by atoms with E-state index in [4.69, 9.17) is 5.11 Å². The molecule has 6 heteroatoms. The highest BCUT2D eigenvalue weighted by molar-refractivity contribution is 9.10. The van der Waals surface area contributed by atoms with Gasteiger partial charge in [-0.25, -0.2) is 9.78 Å². The summed E-state index contributed by atoms with van der Waals surface area (Å²) in [6, 6.07) is 7.03. The lowest BCUT2D eigenvalue weighted by molar-refractivity contribution is 0.0688. The van der Waals surface area contributed by atoms with E-state index in [1.807, 2.05) is 0 Å². The van der Waals surface area contributed by atoms with Gasteiger partial charge < -0.3 is 5.11 Å². The normalized spacial score (nSPS) is 10.2. The molecule has 2 aromatic rings. The largest absolute Gasteiger partial charge is 0.476 e. The molecule has 0 spiro atoms. The van der Waals surface area contributed by atoms with Crippen molar-refractivity contribution in [2.75, 3.05) is 0 Å². The highest BCUT2D eigenvalue weighted by Gasteiger charge is 2.13. The van der Waals surface area contributed by atoms with Gasteiger partial charge in [-0.3, -0.25) is 9.36 Å². The second-order valence-corrected chi connectivity index (χ2v) is 4.06. The van der Waals surface area contributed by atoms with Gasteiger partial charge in [-0.05, 0) is 28.1 Å². The molecule has 0 bridgehead atoms. The average Bonchev–Trinajstić information content (AvgIpc) is 2.30. The molecule has 0 radical (unpaired) electrons. The van der Waals surface area contributed by atoms with Crippen LogP contribution in [-0.2, 0) is 0 Å². The standard InChI is InChI=1S/C11H7BrN2O3/c12-7-3-1-2-4-8(7)14-6-5-13-9(10(14)15)11(16)17/h1-6H,(H,16,17). The molecule has 17 heavy (non-hydrogen) atoms. The first-order valence-corrected chi connectivity index (χ1v) is 5.46. The smallest absolute Gasteiger partial charge is 0.360 e. The van der Waals surface area contributed by atoms with Crippen molar-refractivity contribution < 1.29 is 9.90 Å². The van der Waals surface area contributed by atoms with Crippen LogP contribution in [0.4, 0.5) is 0 Å². The molecule has 1 aromatic carbocycles. The third-order valence-electron chi connectivity index (χ3n) is 2.16. The molecule has 0 amide bonds. The predicted octanol–water partition coefficient (Wildman–Crippen LogP) is 1.69. The first-order chi connectivity index (χ1) is 8.11. The Labute approximate surface area is 104 Å². The number of carbonyl (C=O) groups is 1. The quantitative estimate of drug-likeness (QED) is 0.915. The van der Waals surface area contributed by atoms with Gasteiger partial charge in [0.25, 0.3) is 5.56 Å². The van der Waals surface area contributed by atoms with Gasteiger partial charge in [0.15, 0.2) is 0 Å². The van der Waals surface area contributed by atoms with Gasteiger partial charge in [0.2, 0.25) is 5.69 Å². The Morgan fingerprint density at radius 3 is 2.71 bits per heavy atom. The average molecular weight is 295 g/mol. The number of para-hydroxylation sites is 1. The Kier molecular flexibility index (Phi) is 3.06. The fraction of sp³-hybridized carbons (Fsp3) is 0. The molecule has 0 atom stereocenters. The Morgan fingerprint density at radius 2 is 2.06 bits per heavy atom. The van der Waals surface area contributed by atoms with Gasteiger partial charge in [0.1, 0.15) is 0 Å². The van der Waals surface area contributed by atoms with E-state index in [-0.39, 0.29) is 0 Å². The molecule has 1 N–H and O–H groups in total. The zero-order valence-electron chi connectivity index (χ0n) is 8.50. The fourth-order valence-electron chi connectivity index (χ4n) is 1.40. The van der Waals surface area contributed by atoms with Crippen LogP contribution in [0.15, 0.2) is 45.9 Å². The third kappa shape index (κ3) is 2.12. The van der Waals surface area contributed by atoms with E-state index in [1.54, 1.807) is 24.3 Å². The molecular formula is C11H7BrN2O3. The van der Waals surface area contributed by atoms with Crippen LogP contribution in [0.1, 0.15) is 10.5 Å². The minimum Gasteiger partial charge on any atom is -0.476 e. The van der Waals surface area contributed by atoms with E-state index in [2.05, 4.69) is 20.9 Å². The highest BCUT2D eigenvalue weighted by Crippen LogP contribution is 2.18. The molecule has 86 valence electrons. The van der Waals surface area contributed by atoms with Gasteiger partial charge in [-0.2, -0.15) is 0 Å². The molecule has 1 aromatic heterocycles. The van der Waals surface area contributed by atoms with Crippen LogP contribution >= 0.6 is 15.9 Å².